The van der Waals surface area contributed by atoms with Crippen LogP contribution >= 0.6 is 0 Å². The first-order valence-electron chi connectivity index (χ1n) is 8.50. The van der Waals surface area contributed by atoms with E-state index >= 15 is 0 Å². The van der Waals surface area contributed by atoms with Crippen LogP contribution in [0.15, 0.2) is 60.9 Å². The van der Waals surface area contributed by atoms with Gasteiger partial charge in [-0.05, 0) is 36.4 Å². The van der Waals surface area contributed by atoms with Gasteiger partial charge in [0.15, 0.2) is 23.9 Å². The van der Waals surface area contributed by atoms with Crippen molar-refractivity contribution in [3.63, 3.8) is 0 Å². The number of rotatable bonds is 9. The van der Waals surface area contributed by atoms with Crippen LogP contribution in [0.4, 0.5) is 5.82 Å². The van der Waals surface area contributed by atoms with Crippen molar-refractivity contribution in [2.75, 3.05) is 32.1 Å². The predicted molar refractivity (Wildman–Crippen MR) is 101 cm³/mol. The van der Waals surface area contributed by atoms with Gasteiger partial charge in [0.2, 0.25) is 0 Å². The summed E-state index contributed by atoms with van der Waals surface area (Å²) < 4.78 is 12.5. The molecule has 8 heteroatoms. The number of hydrogen-bond acceptors (Lipinski definition) is 6. The maximum absolute atomic E-state index is 11.9. The molecular weight excluding hydrogens is 346 g/mol. The molecule has 3 aromatic rings. The first-order chi connectivity index (χ1) is 13.3. The third-order valence-corrected chi connectivity index (χ3v) is 3.70. The van der Waals surface area contributed by atoms with Gasteiger partial charge < -0.3 is 24.7 Å². The second-order valence-corrected chi connectivity index (χ2v) is 5.58. The van der Waals surface area contributed by atoms with Crippen LogP contribution in [0.2, 0.25) is 0 Å². The molecule has 0 spiro atoms. The van der Waals surface area contributed by atoms with E-state index in [2.05, 4.69) is 20.8 Å². The molecule has 0 saturated heterocycles. The highest BCUT2D eigenvalue weighted by atomic mass is 16.5. The number of ether oxygens (including phenoxy) is 2. The van der Waals surface area contributed by atoms with Gasteiger partial charge in [-0.3, -0.25) is 4.79 Å². The number of benzene rings is 1. The monoisotopic (exact) mass is 367 g/mol. The maximum atomic E-state index is 11.9. The van der Waals surface area contributed by atoms with E-state index in [1.165, 1.54) is 0 Å². The Hall–Kier alpha value is -3.55. The SMILES string of the molecule is COc1ccccc1OCC(=O)NCCNc1ccc(-n2cccc2)nn1. The number of anilines is 1. The summed E-state index contributed by atoms with van der Waals surface area (Å²) in [5.74, 6) is 2.30. The van der Waals surface area contributed by atoms with Crippen molar-refractivity contribution in [2.24, 2.45) is 0 Å². The Bertz CT molecular complexity index is 850. The summed E-state index contributed by atoms with van der Waals surface area (Å²) >= 11 is 0. The standard InChI is InChI=1S/C19H21N5O3/c1-26-15-6-2-3-7-16(15)27-14-19(25)21-11-10-20-17-8-9-18(23-22-17)24-12-4-5-13-24/h2-9,12-13H,10-11,14H2,1H3,(H,20,22)(H,21,25). The minimum atomic E-state index is -0.211. The molecule has 0 unspecified atom stereocenters. The summed E-state index contributed by atoms with van der Waals surface area (Å²) in [6.07, 6.45) is 3.81. The third kappa shape index (κ3) is 5.21. The zero-order valence-corrected chi connectivity index (χ0v) is 15.0. The van der Waals surface area contributed by atoms with Crippen molar-refractivity contribution in [2.45, 2.75) is 0 Å². The number of nitrogens with one attached hydrogen (secondary N) is 2. The zero-order chi connectivity index (χ0) is 18.9. The van der Waals surface area contributed by atoms with E-state index in [-0.39, 0.29) is 12.5 Å². The Kier molecular flexibility index (Phi) is 6.24. The molecule has 2 aromatic heterocycles. The number of hydrogen-bond donors (Lipinski definition) is 2. The van der Waals surface area contributed by atoms with Gasteiger partial charge in [-0.15, -0.1) is 10.2 Å². The predicted octanol–water partition coefficient (Wildman–Crippen LogP) is 1.88. The molecule has 1 amide bonds. The van der Waals surface area contributed by atoms with Crippen LogP contribution in [0.25, 0.3) is 5.82 Å². The van der Waals surface area contributed by atoms with Gasteiger partial charge in [-0.2, -0.15) is 0 Å². The summed E-state index contributed by atoms with van der Waals surface area (Å²) in [5.41, 5.74) is 0. The Morgan fingerprint density at radius 1 is 1.00 bits per heavy atom. The van der Waals surface area contributed by atoms with Crippen LogP contribution in [0.5, 0.6) is 11.5 Å². The number of amides is 1. The van der Waals surface area contributed by atoms with Crippen molar-refractivity contribution in [1.29, 1.82) is 0 Å². The lowest BCUT2D eigenvalue weighted by molar-refractivity contribution is -0.123. The molecule has 3 rings (SSSR count). The number of methoxy groups -OCH3 is 1. The van der Waals surface area contributed by atoms with Gasteiger partial charge in [0.1, 0.15) is 5.82 Å². The van der Waals surface area contributed by atoms with Crippen LogP contribution < -0.4 is 20.1 Å². The maximum Gasteiger partial charge on any atom is 0.258 e. The van der Waals surface area contributed by atoms with E-state index in [9.17, 15) is 4.79 Å². The lowest BCUT2D eigenvalue weighted by atomic mass is 10.3. The molecule has 0 radical (unpaired) electrons. The second kappa shape index (κ2) is 9.23. The van der Waals surface area contributed by atoms with E-state index in [1.807, 2.05) is 53.4 Å². The Morgan fingerprint density at radius 3 is 2.48 bits per heavy atom. The molecule has 1 aromatic carbocycles. The van der Waals surface area contributed by atoms with Crippen LogP contribution in [0.1, 0.15) is 0 Å². The first-order valence-corrected chi connectivity index (χ1v) is 8.50. The number of aromatic nitrogens is 3. The van der Waals surface area contributed by atoms with Crippen LogP contribution in [-0.2, 0) is 4.79 Å². The molecule has 2 heterocycles. The topological polar surface area (TPSA) is 90.3 Å². The minimum Gasteiger partial charge on any atom is -0.493 e. The molecule has 0 aliphatic heterocycles. The first kappa shape index (κ1) is 18.2. The quantitative estimate of drug-likeness (QED) is 0.561. The van der Waals surface area contributed by atoms with E-state index in [1.54, 1.807) is 19.2 Å². The molecule has 0 atom stereocenters. The number of para-hydroxylation sites is 2. The highest BCUT2D eigenvalue weighted by molar-refractivity contribution is 5.77. The number of carbonyl (C=O) groups is 1. The van der Waals surface area contributed by atoms with E-state index < -0.39 is 0 Å². The normalized spacial score (nSPS) is 10.3. The summed E-state index contributed by atoms with van der Waals surface area (Å²) in [5, 5.41) is 14.1. The second-order valence-electron chi connectivity index (χ2n) is 5.58. The van der Waals surface area contributed by atoms with E-state index in [4.69, 9.17) is 9.47 Å². The van der Waals surface area contributed by atoms with E-state index in [0.29, 0.717) is 30.4 Å². The third-order valence-electron chi connectivity index (χ3n) is 3.70. The average Bonchev–Trinajstić information content (AvgIpc) is 3.25. The van der Waals surface area contributed by atoms with Gasteiger partial charge in [0.25, 0.3) is 5.91 Å². The largest absolute Gasteiger partial charge is 0.493 e. The van der Waals surface area contributed by atoms with Gasteiger partial charge >= 0.3 is 0 Å². The van der Waals surface area contributed by atoms with Crippen molar-refractivity contribution in [3.8, 4) is 17.3 Å². The summed E-state index contributed by atoms with van der Waals surface area (Å²) in [7, 11) is 1.56. The minimum absolute atomic E-state index is 0.0776. The molecule has 2 N–H and O–H groups in total. The van der Waals surface area contributed by atoms with Gasteiger partial charge in [0.05, 0.1) is 7.11 Å². The number of carbonyl (C=O) groups excluding carboxylic acids is 1. The van der Waals surface area contributed by atoms with Crippen molar-refractivity contribution >= 4 is 11.7 Å². The highest BCUT2D eigenvalue weighted by Gasteiger charge is 2.06. The fourth-order valence-corrected chi connectivity index (χ4v) is 2.37. The lowest BCUT2D eigenvalue weighted by Crippen LogP contribution is -2.32. The average molecular weight is 367 g/mol. The fourth-order valence-electron chi connectivity index (χ4n) is 2.37. The van der Waals surface area contributed by atoms with Gasteiger partial charge in [-0.25, -0.2) is 0 Å². The summed E-state index contributed by atoms with van der Waals surface area (Å²) in [4.78, 5) is 11.9. The molecule has 27 heavy (non-hydrogen) atoms. The number of nitrogens with zero attached hydrogens (tertiary/aromatic N) is 3. The summed E-state index contributed by atoms with van der Waals surface area (Å²) in [6, 6.07) is 14.8. The Balaban J connectivity index is 1.36. The molecule has 8 nitrogen and oxygen atoms in total. The Labute approximate surface area is 157 Å². The lowest BCUT2D eigenvalue weighted by Gasteiger charge is -2.11. The molecule has 0 fully saturated rings. The van der Waals surface area contributed by atoms with Gasteiger partial charge in [0, 0.05) is 25.5 Å². The zero-order valence-electron chi connectivity index (χ0n) is 15.0. The highest BCUT2D eigenvalue weighted by Crippen LogP contribution is 2.25. The van der Waals surface area contributed by atoms with Crippen LogP contribution in [0.3, 0.4) is 0 Å². The molecule has 0 saturated carbocycles. The van der Waals surface area contributed by atoms with E-state index in [0.717, 1.165) is 5.82 Å². The smallest absolute Gasteiger partial charge is 0.258 e. The molecule has 0 aliphatic carbocycles. The summed E-state index contributed by atoms with van der Waals surface area (Å²) in [6.45, 7) is 0.888. The van der Waals surface area contributed by atoms with Crippen molar-refractivity contribution < 1.29 is 14.3 Å². The molecule has 0 bridgehead atoms. The van der Waals surface area contributed by atoms with Crippen molar-refractivity contribution in [1.82, 2.24) is 20.1 Å². The van der Waals surface area contributed by atoms with Gasteiger partial charge in [-0.1, -0.05) is 12.1 Å². The molecular formula is C19H21N5O3. The van der Waals surface area contributed by atoms with Crippen molar-refractivity contribution in [3.05, 3.63) is 60.9 Å². The van der Waals surface area contributed by atoms with Crippen LogP contribution in [0, 0.1) is 0 Å². The Morgan fingerprint density at radius 2 is 1.78 bits per heavy atom. The molecule has 0 aliphatic rings. The van der Waals surface area contributed by atoms with Crippen LogP contribution in [-0.4, -0.2) is 47.5 Å². The molecule has 140 valence electrons. The fraction of sp³-hybridized carbons (Fsp3) is 0.211.